The predicted molar refractivity (Wildman–Crippen MR) is 129 cm³/mol. The Labute approximate surface area is 192 Å². The summed E-state index contributed by atoms with van der Waals surface area (Å²) in [5.41, 5.74) is 2.19. The second kappa shape index (κ2) is 9.58. The van der Waals surface area contributed by atoms with Gasteiger partial charge in [-0.3, -0.25) is 14.2 Å². The molecule has 32 heavy (non-hydrogen) atoms. The van der Waals surface area contributed by atoms with E-state index in [-0.39, 0.29) is 18.0 Å². The Bertz CT molecular complexity index is 1420. The van der Waals surface area contributed by atoms with E-state index in [2.05, 4.69) is 27.1 Å². The zero-order valence-electron chi connectivity index (χ0n) is 16.8. The number of allylic oxidation sites excluding steroid dienone is 1. The first-order valence-corrected chi connectivity index (χ1v) is 10.8. The summed E-state index contributed by atoms with van der Waals surface area (Å²) in [6.07, 6.45) is 3.05. The van der Waals surface area contributed by atoms with E-state index in [1.807, 2.05) is 30.3 Å². The number of hydrogen-bond donors (Lipinski definition) is 1. The second-order valence-electron chi connectivity index (χ2n) is 6.73. The number of nitrogens with one attached hydrogen (secondary N) is 1. The Kier molecular flexibility index (Phi) is 6.43. The van der Waals surface area contributed by atoms with Crippen molar-refractivity contribution in [1.29, 1.82) is 0 Å². The number of aromatic nitrogens is 3. The number of nitrogens with zero attached hydrogens (tertiary/aromatic N) is 5. The first kappa shape index (κ1) is 21.5. The third kappa shape index (κ3) is 4.76. The van der Waals surface area contributed by atoms with Gasteiger partial charge in [-0.05, 0) is 48.6 Å². The number of carbonyl (C=O) groups is 1. The fourth-order valence-electron chi connectivity index (χ4n) is 2.95. The lowest BCUT2D eigenvalue weighted by Gasteiger charge is -2.07. The molecule has 0 spiro atoms. The van der Waals surface area contributed by atoms with Crippen LogP contribution in [0.4, 0.5) is 17.1 Å². The van der Waals surface area contributed by atoms with Gasteiger partial charge in [0.2, 0.25) is 5.91 Å². The maximum atomic E-state index is 12.8. The molecular formula is C22H18N6O2S2. The number of benzene rings is 2. The largest absolute Gasteiger partial charge is 0.325 e. The minimum atomic E-state index is -0.346. The zero-order valence-corrected chi connectivity index (χ0v) is 18.5. The molecule has 2 aromatic carbocycles. The maximum absolute atomic E-state index is 12.8. The fraction of sp³-hybridized carbons (Fsp3) is 0.0909. The molecule has 0 radical (unpaired) electrons. The van der Waals surface area contributed by atoms with Gasteiger partial charge in [0.25, 0.3) is 5.56 Å². The van der Waals surface area contributed by atoms with Crippen LogP contribution in [0.2, 0.25) is 0 Å². The van der Waals surface area contributed by atoms with E-state index >= 15 is 0 Å². The van der Waals surface area contributed by atoms with Gasteiger partial charge in [0, 0.05) is 12.2 Å². The van der Waals surface area contributed by atoms with Crippen LogP contribution in [0.1, 0.15) is 0 Å². The van der Waals surface area contributed by atoms with Gasteiger partial charge in [0.15, 0.2) is 9.60 Å². The molecule has 0 fully saturated rings. The number of azo groups is 1. The van der Waals surface area contributed by atoms with E-state index in [1.54, 1.807) is 34.9 Å². The number of thiazole rings is 1. The topological polar surface area (TPSA) is 93.6 Å². The number of hydrogen-bond acceptors (Lipinski definition) is 7. The van der Waals surface area contributed by atoms with Crippen molar-refractivity contribution in [3.05, 3.63) is 87.9 Å². The highest BCUT2D eigenvalue weighted by Crippen LogP contribution is 2.20. The van der Waals surface area contributed by atoms with E-state index in [0.29, 0.717) is 32.2 Å². The van der Waals surface area contributed by atoms with Crippen molar-refractivity contribution in [2.75, 3.05) is 5.32 Å². The Hall–Kier alpha value is -3.76. The van der Waals surface area contributed by atoms with E-state index < -0.39 is 0 Å². The van der Waals surface area contributed by atoms with Crippen molar-refractivity contribution in [2.24, 2.45) is 10.2 Å². The van der Waals surface area contributed by atoms with Crippen LogP contribution in [-0.4, -0.2) is 20.0 Å². The van der Waals surface area contributed by atoms with E-state index in [0.717, 1.165) is 5.69 Å². The third-order valence-corrected chi connectivity index (χ3v) is 5.88. The molecule has 4 aromatic rings. The number of carbonyl (C=O) groups excluding carboxylic acids is 1. The molecule has 160 valence electrons. The molecule has 4 rings (SSSR count). The van der Waals surface area contributed by atoms with Crippen molar-refractivity contribution in [3.8, 4) is 0 Å². The molecule has 0 saturated heterocycles. The van der Waals surface area contributed by atoms with Crippen LogP contribution in [0.5, 0.6) is 0 Å². The molecule has 0 unspecified atom stereocenters. The number of rotatable bonds is 7. The van der Waals surface area contributed by atoms with Crippen LogP contribution >= 0.6 is 23.6 Å². The SMILES string of the molecule is C=CCn1c(=S)sc2c(=O)n(CC(=O)Nc3ccc(N=Nc4ccccc4)cc3)cnc21. The van der Waals surface area contributed by atoms with Crippen LogP contribution < -0.4 is 10.9 Å². The lowest BCUT2D eigenvalue weighted by atomic mass is 10.3. The Balaban J connectivity index is 1.44. The Morgan fingerprint density at radius 1 is 1.12 bits per heavy atom. The molecule has 8 nitrogen and oxygen atoms in total. The van der Waals surface area contributed by atoms with Crippen molar-refractivity contribution >= 4 is 56.9 Å². The van der Waals surface area contributed by atoms with E-state index in [9.17, 15) is 9.59 Å². The number of fused-ring (bicyclic) bond motifs is 1. The lowest BCUT2D eigenvalue weighted by Crippen LogP contribution is -2.27. The lowest BCUT2D eigenvalue weighted by molar-refractivity contribution is -0.116. The molecular weight excluding hydrogens is 444 g/mol. The van der Waals surface area contributed by atoms with Gasteiger partial charge in [-0.1, -0.05) is 35.6 Å². The fourth-order valence-corrected chi connectivity index (χ4v) is 4.27. The van der Waals surface area contributed by atoms with Crippen molar-refractivity contribution in [1.82, 2.24) is 14.1 Å². The van der Waals surface area contributed by atoms with E-state index in [4.69, 9.17) is 12.2 Å². The maximum Gasteiger partial charge on any atom is 0.273 e. The van der Waals surface area contributed by atoms with Crippen LogP contribution in [0.15, 0.2) is 88.6 Å². The number of amides is 1. The highest BCUT2D eigenvalue weighted by atomic mass is 32.1. The summed E-state index contributed by atoms with van der Waals surface area (Å²) in [6, 6.07) is 16.3. The van der Waals surface area contributed by atoms with Crippen LogP contribution in [0, 0.1) is 3.95 Å². The molecule has 0 bridgehead atoms. The standard InChI is InChI=1S/C22H18N6O2S2/c1-2-12-28-20-19(32-22(28)31)21(30)27(14-23-20)13-18(29)24-15-8-10-17(11-9-15)26-25-16-6-4-3-5-7-16/h2-11,14H,1,12-13H2,(H,24,29). The summed E-state index contributed by atoms with van der Waals surface area (Å²) in [4.78, 5) is 29.5. The van der Waals surface area contributed by atoms with Gasteiger partial charge in [-0.25, -0.2) is 4.98 Å². The highest BCUT2D eigenvalue weighted by Gasteiger charge is 2.13. The quantitative estimate of drug-likeness (QED) is 0.231. The van der Waals surface area contributed by atoms with Crippen molar-refractivity contribution < 1.29 is 4.79 Å². The first-order valence-electron chi connectivity index (χ1n) is 9.61. The molecule has 2 aromatic heterocycles. The van der Waals surface area contributed by atoms with Gasteiger partial charge >= 0.3 is 0 Å². The van der Waals surface area contributed by atoms with Gasteiger partial charge in [0.05, 0.1) is 11.4 Å². The van der Waals surface area contributed by atoms with Crippen LogP contribution in [0.3, 0.4) is 0 Å². The molecule has 1 amide bonds. The number of anilines is 1. The average Bonchev–Trinajstić information content (AvgIpc) is 3.12. The summed E-state index contributed by atoms with van der Waals surface area (Å²) in [5, 5.41) is 11.1. The molecule has 0 aliphatic rings. The summed E-state index contributed by atoms with van der Waals surface area (Å²) in [7, 11) is 0. The minimum absolute atomic E-state index is 0.163. The highest BCUT2D eigenvalue weighted by molar-refractivity contribution is 7.73. The third-order valence-electron chi connectivity index (χ3n) is 4.46. The normalized spacial score (nSPS) is 11.1. The van der Waals surface area contributed by atoms with Crippen LogP contribution in [0.25, 0.3) is 10.3 Å². The van der Waals surface area contributed by atoms with Crippen LogP contribution in [-0.2, 0) is 17.9 Å². The summed E-state index contributed by atoms with van der Waals surface area (Å²) >= 11 is 6.48. The summed E-state index contributed by atoms with van der Waals surface area (Å²) < 4.78 is 3.96. The second-order valence-corrected chi connectivity index (χ2v) is 8.37. The van der Waals surface area contributed by atoms with Gasteiger partial charge in [0.1, 0.15) is 17.6 Å². The molecule has 0 aliphatic heterocycles. The van der Waals surface area contributed by atoms with E-state index in [1.165, 1.54) is 22.2 Å². The monoisotopic (exact) mass is 462 g/mol. The average molecular weight is 463 g/mol. The molecule has 0 saturated carbocycles. The van der Waals surface area contributed by atoms with Gasteiger partial charge in [-0.15, -0.1) is 6.58 Å². The zero-order chi connectivity index (χ0) is 22.5. The van der Waals surface area contributed by atoms with Crippen molar-refractivity contribution in [2.45, 2.75) is 13.1 Å². The van der Waals surface area contributed by atoms with Gasteiger partial charge in [-0.2, -0.15) is 10.2 Å². The first-order chi connectivity index (χ1) is 15.5. The molecule has 0 aliphatic carbocycles. The van der Waals surface area contributed by atoms with Crippen molar-refractivity contribution in [3.63, 3.8) is 0 Å². The summed E-state index contributed by atoms with van der Waals surface area (Å²) in [6.45, 7) is 4.00. The molecule has 2 heterocycles. The minimum Gasteiger partial charge on any atom is -0.325 e. The smallest absolute Gasteiger partial charge is 0.273 e. The summed E-state index contributed by atoms with van der Waals surface area (Å²) in [5.74, 6) is -0.346. The predicted octanol–water partition coefficient (Wildman–Crippen LogP) is 5.23. The Morgan fingerprint density at radius 2 is 1.81 bits per heavy atom. The Morgan fingerprint density at radius 3 is 2.50 bits per heavy atom. The molecule has 0 atom stereocenters. The van der Waals surface area contributed by atoms with Gasteiger partial charge < -0.3 is 9.88 Å². The molecule has 1 N–H and O–H groups in total. The molecule has 10 heteroatoms.